The number of nitrogens with zero attached hydrogens (tertiary/aromatic N) is 3. The summed E-state index contributed by atoms with van der Waals surface area (Å²) in [5, 5.41) is 1.98. The average molecular weight is 508 g/mol. The summed E-state index contributed by atoms with van der Waals surface area (Å²) in [7, 11) is 0. The Morgan fingerprint density at radius 3 is 2.81 bits per heavy atom. The van der Waals surface area contributed by atoms with E-state index in [0.717, 1.165) is 21.6 Å². The van der Waals surface area contributed by atoms with Gasteiger partial charge in [0.2, 0.25) is 11.2 Å². The third kappa shape index (κ3) is 3.59. The first-order valence-electron chi connectivity index (χ1n) is 11.6. The first-order chi connectivity index (χ1) is 17.4. The van der Waals surface area contributed by atoms with Gasteiger partial charge in [-0.3, -0.25) is 24.1 Å². The van der Waals surface area contributed by atoms with E-state index in [1.54, 1.807) is 33.5 Å². The highest BCUT2D eigenvalue weighted by atomic mass is 32.2. The largest absolute Gasteiger partial charge is 0.420 e. The summed E-state index contributed by atoms with van der Waals surface area (Å²) in [6.07, 6.45) is 1.02. The zero-order chi connectivity index (χ0) is 25.0. The van der Waals surface area contributed by atoms with Crippen LogP contribution < -0.4 is 15.2 Å². The maximum Gasteiger partial charge on any atom is 0.308 e. The van der Waals surface area contributed by atoms with Crippen LogP contribution in [0.25, 0.3) is 0 Å². The van der Waals surface area contributed by atoms with Crippen LogP contribution in [0.3, 0.4) is 0 Å². The van der Waals surface area contributed by atoms with E-state index in [-0.39, 0.29) is 23.9 Å². The molecular formula is C26H22FN3O5S. The molecule has 0 N–H and O–H groups in total. The van der Waals surface area contributed by atoms with Gasteiger partial charge in [-0.25, -0.2) is 4.39 Å². The zero-order valence-electron chi connectivity index (χ0n) is 19.3. The number of benzene rings is 2. The molecule has 4 heterocycles. The number of halogens is 1. The molecule has 1 fully saturated rings. The molecule has 36 heavy (non-hydrogen) atoms. The van der Waals surface area contributed by atoms with Crippen LogP contribution in [0.15, 0.2) is 64.4 Å². The lowest BCUT2D eigenvalue weighted by Gasteiger charge is -2.51. The maximum atomic E-state index is 14.3. The molecule has 1 saturated heterocycles. The smallest absolute Gasteiger partial charge is 0.308 e. The van der Waals surface area contributed by atoms with Gasteiger partial charge in [0.1, 0.15) is 12.0 Å². The monoisotopic (exact) mass is 507 g/mol. The molecule has 8 nitrogen and oxygen atoms in total. The van der Waals surface area contributed by atoms with Gasteiger partial charge in [0.05, 0.1) is 19.3 Å². The third-order valence-electron chi connectivity index (χ3n) is 6.66. The predicted octanol–water partition coefficient (Wildman–Crippen LogP) is 3.06. The minimum atomic E-state index is -0.693. The average Bonchev–Trinajstić information content (AvgIpc) is 3.02. The molecule has 1 aromatic heterocycles. The molecule has 6 rings (SSSR count). The summed E-state index contributed by atoms with van der Waals surface area (Å²) in [4.78, 5) is 41.0. The molecule has 0 aliphatic carbocycles. The van der Waals surface area contributed by atoms with Gasteiger partial charge in [0.15, 0.2) is 5.69 Å². The highest BCUT2D eigenvalue weighted by Crippen LogP contribution is 2.44. The summed E-state index contributed by atoms with van der Waals surface area (Å²) in [6.45, 7) is 2.08. The van der Waals surface area contributed by atoms with Crippen LogP contribution >= 0.6 is 11.8 Å². The molecular weight excluding hydrogens is 485 g/mol. The van der Waals surface area contributed by atoms with Crippen LogP contribution in [0.2, 0.25) is 0 Å². The second-order valence-corrected chi connectivity index (χ2v) is 9.82. The number of hydrogen-bond acceptors (Lipinski definition) is 7. The lowest BCUT2D eigenvalue weighted by molar-refractivity contribution is -0.132. The topological polar surface area (TPSA) is 81.1 Å². The summed E-state index contributed by atoms with van der Waals surface area (Å²) >= 11 is 1.62. The van der Waals surface area contributed by atoms with Crippen molar-refractivity contribution < 1.29 is 23.5 Å². The van der Waals surface area contributed by atoms with E-state index >= 15 is 0 Å². The number of carbonyl (C=O) groups excluding carboxylic acids is 2. The Balaban J connectivity index is 1.65. The Hall–Kier alpha value is -3.63. The zero-order valence-corrected chi connectivity index (χ0v) is 20.2. The van der Waals surface area contributed by atoms with Crippen molar-refractivity contribution in [2.45, 2.75) is 29.8 Å². The maximum absolute atomic E-state index is 14.3. The van der Waals surface area contributed by atoms with Gasteiger partial charge < -0.3 is 14.4 Å². The number of aromatic nitrogens is 1. The fraction of sp³-hybridized carbons (Fsp3) is 0.269. The molecule has 0 unspecified atom stereocenters. The molecule has 0 saturated carbocycles. The second-order valence-electron chi connectivity index (χ2n) is 8.80. The summed E-state index contributed by atoms with van der Waals surface area (Å²) in [5.41, 5.74) is 2.12. The van der Waals surface area contributed by atoms with E-state index in [9.17, 15) is 18.8 Å². The number of amides is 1. The second kappa shape index (κ2) is 8.79. The molecule has 0 bridgehead atoms. The van der Waals surface area contributed by atoms with E-state index in [1.165, 1.54) is 25.3 Å². The van der Waals surface area contributed by atoms with E-state index in [0.29, 0.717) is 18.9 Å². The van der Waals surface area contributed by atoms with Crippen LogP contribution in [-0.2, 0) is 15.3 Å². The van der Waals surface area contributed by atoms with E-state index in [1.807, 2.05) is 29.3 Å². The normalized spacial score (nSPS) is 20.6. The lowest BCUT2D eigenvalue weighted by Crippen LogP contribution is -2.66. The van der Waals surface area contributed by atoms with Crippen molar-refractivity contribution in [2.75, 3.05) is 24.8 Å². The number of morpholine rings is 1. The molecule has 3 aromatic rings. The molecule has 3 aliphatic rings. The number of thioether (sulfide) groups is 1. The highest BCUT2D eigenvalue weighted by molar-refractivity contribution is 7.98. The summed E-state index contributed by atoms with van der Waals surface area (Å²) in [5.74, 6) is -1.16. The molecule has 2 aromatic carbocycles. The van der Waals surface area contributed by atoms with E-state index < -0.39 is 29.5 Å². The Bertz CT molecular complexity index is 1460. The van der Waals surface area contributed by atoms with Gasteiger partial charge >= 0.3 is 5.97 Å². The van der Waals surface area contributed by atoms with Crippen molar-refractivity contribution in [1.29, 1.82) is 0 Å². The Labute approximate surface area is 210 Å². The van der Waals surface area contributed by atoms with Gasteiger partial charge in [0, 0.05) is 36.4 Å². The number of fused-ring (bicyclic) bond motifs is 4. The van der Waals surface area contributed by atoms with E-state index in [4.69, 9.17) is 9.47 Å². The number of ether oxygens (including phenoxy) is 2. The molecule has 184 valence electrons. The van der Waals surface area contributed by atoms with Crippen LogP contribution in [0, 0.1) is 5.82 Å². The molecule has 2 atom stereocenters. The standard InChI is InChI=1S/C26H22FN3O5S/c1-15(31)35-25-20(32)8-9-29-24(25)26(33)28-10-11-34-13-22(28)30(29)23-18-7-6-17(27)12-16(18)14-36-21-5-3-2-4-19(21)23/h2-9,12,22-23H,10-11,13-14H2,1H3/t22-,23+/m1/s1. The molecule has 3 aliphatic heterocycles. The van der Waals surface area contributed by atoms with Crippen molar-refractivity contribution in [3.05, 3.63) is 93.2 Å². The quantitative estimate of drug-likeness (QED) is 0.493. The van der Waals surface area contributed by atoms with E-state index in [2.05, 4.69) is 0 Å². The number of esters is 1. The van der Waals surface area contributed by atoms with Crippen molar-refractivity contribution in [3.8, 4) is 5.75 Å². The number of rotatable bonds is 2. The summed E-state index contributed by atoms with van der Waals surface area (Å²) in [6, 6.07) is 13.5. The van der Waals surface area contributed by atoms with Gasteiger partial charge in [-0.2, -0.15) is 0 Å². The molecule has 10 heteroatoms. The molecule has 1 amide bonds. The van der Waals surface area contributed by atoms with Gasteiger partial charge in [-0.1, -0.05) is 24.3 Å². The molecule has 0 radical (unpaired) electrons. The number of carbonyl (C=O) groups is 2. The Morgan fingerprint density at radius 1 is 1.14 bits per heavy atom. The van der Waals surface area contributed by atoms with Crippen LogP contribution in [0.4, 0.5) is 4.39 Å². The minimum Gasteiger partial charge on any atom is -0.420 e. The Kier molecular flexibility index (Phi) is 5.57. The summed E-state index contributed by atoms with van der Waals surface area (Å²) < 4.78 is 27.0. The van der Waals surface area contributed by atoms with Crippen molar-refractivity contribution in [1.82, 2.24) is 9.58 Å². The molecule has 0 spiro atoms. The Morgan fingerprint density at radius 2 is 1.97 bits per heavy atom. The van der Waals surface area contributed by atoms with Crippen LogP contribution in [0.5, 0.6) is 5.75 Å². The van der Waals surface area contributed by atoms with Crippen molar-refractivity contribution in [3.63, 3.8) is 0 Å². The van der Waals surface area contributed by atoms with Crippen molar-refractivity contribution in [2.24, 2.45) is 0 Å². The predicted molar refractivity (Wildman–Crippen MR) is 130 cm³/mol. The third-order valence-corrected chi connectivity index (χ3v) is 7.80. The fourth-order valence-electron chi connectivity index (χ4n) is 5.17. The van der Waals surface area contributed by atoms with Crippen LogP contribution in [-0.4, -0.2) is 47.4 Å². The fourth-order valence-corrected chi connectivity index (χ4v) is 6.26. The first kappa shape index (κ1) is 22.8. The lowest BCUT2D eigenvalue weighted by atomic mass is 9.93. The van der Waals surface area contributed by atoms with Gasteiger partial charge in [-0.05, 0) is 34.9 Å². The van der Waals surface area contributed by atoms with Gasteiger partial charge in [-0.15, -0.1) is 11.8 Å². The highest BCUT2D eigenvalue weighted by Gasteiger charge is 2.46. The minimum absolute atomic E-state index is 0.0195. The van der Waals surface area contributed by atoms with Crippen molar-refractivity contribution >= 4 is 23.6 Å². The first-order valence-corrected chi connectivity index (χ1v) is 12.5. The van der Waals surface area contributed by atoms with Crippen LogP contribution in [0.1, 0.15) is 40.1 Å². The number of pyridine rings is 1. The SMILES string of the molecule is CC(=O)Oc1c2n(ccc1=O)N([C@H]1c3ccc(F)cc3CSc3ccccc31)[C@@H]1COCCN1C2=O. The van der Waals surface area contributed by atoms with Gasteiger partial charge in [0.25, 0.3) is 5.91 Å². The number of hydrogen-bond donors (Lipinski definition) is 0.